The lowest BCUT2D eigenvalue weighted by molar-refractivity contribution is -0.141. The van der Waals surface area contributed by atoms with Crippen molar-refractivity contribution in [1.82, 2.24) is 39.9 Å². The van der Waals surface area contributed by atoms with Crippen molar-refractivity contribution in [2.24, 2.45) is 0 Å². The van der Waals surface area contributed by atoms with Gasteiger partial charge in [0, 0.05) is 68.1 Å². The van der Waals surface area contributed by atoms with E-state index < -0.39 is 11.9 Å². The first kappa shape index (κ1) is 31.4. The van der Waals surface area contributed by atoms with Gasteiger partial charge in [-0.25, -0.2) is 15.0 Å². The van der Waals surface area contributed by atoms with Crippen LogP contribution in [-0.4, -0.2) is 78.1 Å². The Hall–Kier alpha value is -4.06. The molecule has 1 atom stereocenters. The van der Waals surface area contributed by atoms with Crippen molar-refractivity contribution in [3.05, 3.63) is 54.4 Å². The number of aliphatic hydroxyl groups is 1. The number of halogens is 3. The lowest BCUT2D eigenvalue weighted by Gasteiger charge is -2.37. The van der Waals surface area contributed by atoms with Crippen LogP contribution in [0.15, 0.2) is 43.1 Å². The van der Waals surface area contributed by atoms with Gasteiger partial charge < -0.3 is 20.1 Å². The molecule has 4 aromatic heterocycles. The molecule has 14 heteroatoms. The molecule has 0 unspecified atom stereocenters. The zero-order chi connectivity index (χ0) is 30.9. The minimum atomic E-state index is -4.59. The van der Waals surface area contributed by atoms with Gasteiger partial charge in [0.25, 0.3) is 0 Å². The van der Waals surface area contributed by atoms with Crippen LogP contribution in [0.3, 0.4) is 0 Å². The molecule has 1 aliphatic heterocycles. The molecule has 0 amide bonds. The second-order valence-electron chi connectivity index (χ2n) is 10.9. The average Bonchev–Trinajstić information content (AvgIpc) is 3.69. The topological polar surface area (TPSA) is 141 Å². The van der Waals surface area contributed by atoms with E-state index in [1.807, 2.05) is 23.1 Å². The van der Waals surface area contributed by atoms with Gasteiger partial charge in [0.2, 0.25) is 5.88 Å². The summed E-state index contributed by atoms with van der Waals surface area (Å²) in [6.07, 6.45) is 6.06. The minimum absolute atomic E-state index is 0.00673. The summed E-state index contributed by atoms with van der Waals surface area (Å²) >= 11 is 0. The monoisotopic (exact) mass is 611 g/mol. The van der Waals surface area contributed by atoms with Crippen LogP contribution in [-0.2, 0) is 19.3 Å². The Morgan fingerprint density at radius 3 is 2.82 bits per heavy atom. The number of ether oxygens (including phenoxy) is 1. The number of aromatic amines is 1. The molecule has 1 aliphatic rings. The van der Waals surface area contributed by atoms with Gasteiger partial charge in [-0.3, -0.25) is 9.58 Å². The molecule has 0 aliphatic carbocycles. The highest BCUT2D eigenvalue weighted by Crippen LogP contribution is 2.31. The van der Waals surface area contributed by atoms with E-state index in [9.17, 15) is 13.2 Å². The lowest BCUT2D eigenvalue weighted by Crippen LogP contribution is -2.46. The Bertz CT molecular complexity index is 1540. The van der Waals surface area contributed by atoms with Crippen molar-refractivity contribution in [2.75, 3.05) is 26.2 Å². The highest BCUT2D eigenvalue weighted by molar-refractivity contribution is 5.89. The highest BCUT2D eigenvalue weighted by Gasteiger charge is 2.34. The first-order chi connectivity index (χ1) is 21.3. The molecule has 11 nitrogen and oxygen atoms in total. The Morgan fingerprint density at radius 2 is 2.05 bits per heavy atom. The number of piperidine rings is 1. The Labute approximate surface area is 253 Å². The predicted octanol–water partition coefficient (Wildman–Crippen LogP) is 4.31. The van der Waals surface area contributed by atoms with Gasteiger partial charge in [0.15, 0.2) is 0 Å². The lowest BCUT2D eigenvalue weighted by atomic mass is 10.0. The molecule has 0 aromatic carbocycles. The third-order valence-corrected chi connectivity index (χ3v) is 7.76. The average molecular weight is 612 g/mol. The van der Waals surface area contributed by atoms with Crippen molar-refractivity contribution < 1.29 is 23.0 Å². The second-order valence-corrected chi connectivity index (χ2v) is 10.9. The molecule has 44 heavy (non-hydrogen) atoms. The number of fused-ring (bicyclic) bond motifs is 1. The number of likely N-dealkylation sites (tertiary alicyclic amines) is 1. The van der Waals surface area contributed by atoms with Crippen LogP contribution in [0.2, 0.25) is 0 Å². The number of aromatic nitrogens is 6. The zero-order valence-corrected chi connectivity index (χ0v) is 24.3. The van der Waals surface area contributed by atoms with Gasteiger partial charge in [-0.1, -0.05) is 0 Å². The number of nitrogens with zero attached hydrogens (tertiary/aromatic N) is 7. The van der Waals surface area contributed by atoms with Crippen molar-refractivity contribution in [1.29, 1.82) is 5.26 Å². The summed E-state index contributed by atoms with van der Waals surface area (Å²) in [4.78, 5) is 17.9. The molecule has 5 rings (SSSR count). The summed E-state index contributed by atoms with van der Waals surface area (Å²) in [5, 5.41) is 26.6. The number of unbranched alkanes of at least 4 members (excludes halogenated alkanes) is 1. The first-order valence-electron chi connectivity index (χ1n) is 14.8. The van der Waals surface area contributed by atoms with Crippen molar-refractivity contribution in [2.45, 2.75) is 69.9 Å². The van der Waals surface area contributed by atoms with Crippen LogP contribution >= 0.6 is 0 Å². The van der Waals surface area contributed by atoms with Gasteiger partial charge in [0.05, 0.1) is 24.5 Å². The third kappa shape index (κ3) is 8.10. The molecule has 4 aromatic rings. The van der Waals surface area contributed by atoms with E-state index in [2.05, 4.69) is 41.3 Å². The number of aliphatic hydroxyl groups excluding tert-OH is 1. The fourth-order valence-corrected chi connectivity index (χ4v) is 5.54. The van der Waals surface area contributed by atoms with E-state index in [0.717, 1.165) is 41.2 Å². The smallest absolute Gasteiger partial charge is 0.433 e. The molecular weight excluding hydrogens is 575 g/mol. The number of pyridine rings is 1. The second kappa shape index (κ2) is 14.6. The molecule has 0 saturated carbocycles. The Kier molecular flexibility index (Phi) is 10.4. The fourth-order valence-electron chi connectivity index (χ4n) is 5.54. The molecule has 3 N–H and O–H groups in total. The predicted molar refractivity (Wildman–Crippen MR) is 156 cm³/mol. The van der Waals surface area contributed by atoms with Gasteiger partial charge >= 0.3 is 6.18 Å². The summed E-state index contributed by atoms with van der Waals surface area (Å²) < 4.78 is 48.6. The number of hydrogen-bond acceptors (Lipinski definition) is 9. The van der Waals surface area contributed by atoms with E-state index in [-0.39, 0.29) is 31.2 Å². The van der Waals surface area contributed by atoms with Gasteiger partial charge in [-0.2, -0.15) is 23.5 Å². The molecule has 234 valence electrons. The minimum Gasteiger partial charge on any atom is -0.474 e. The zero-order valence-electron chi connectivity index (χ0n) is 24.3. The summed E-state index contributed by atoms with van der Waals surface area (Å²) in [5.41, 5.74) is 1.88. The third-order valence-electron chi connectivity index (χ3n) is 7.76. The van der Waals surface area contributed by atoms with Crippen LogP contribution < -0.4 is 10.1 Å². The van der Waals surface area contributed by atoms with Crippen LogP contribution in [0.4, 0.5) is 13.2 Å². The van der Waals surface area contributed by atoms with E-state index in [1.54, 1.807) is 12.3 Å². The van der Waals surface area contributed by atoms with Crippen LogP contribution in [0.25, 0.3) is 22.3 Å². The molecule has 1 fully saturated rings. The van der Waals surface area contributed by atoms with E-state index >= 15 is 0 Å². The number of alkyl halides is 3. The molecule has 1 saturated heterocycles. The van der Waals surface area contributed by atoms with Gasteiger partial charge in [-0.05, 0) is 56.3 Å². The van der Waals surface area contributed by atoms with Gasteiger partial charge in [0.1, 0.15) is 23.8 Å². The number of nitriles is 1. The molecule has 0 bridgehead atoms. The number of hydrogen-bond donors (Lipinski definition) is 3. The quantitative estimate of drug-likeness (QED) is 0.178. The van der Waals surface area contributed by atoms with Crippen molar-refractivity contribution in [3.8, 4) is 23.2 Å². The summed E-state index contributed by atoms with van der Waals surface area (Å²) in [6, 6.07) is 6.86. The van der Waals surface area contributed by atoms with Gasteiger partial charge in [-0.15, -0.1) is 0 Å². The maximum Gasteiger partial charge on any atom is 0.433 e. The largest absolute Gasteiger partial charge is 0.474 e. The Morgan fingerprint density at radius 1 is 1.20 bits per heavy atom. The fraction of sp³-hybridized carbons (Fsp3) is 0.500. The maximum absolute atomic E-state index is 13.6. The molecule has 0 spiro atoms. The maximum atomic E-state index is 13.6. The number of nitrogens with one attached hydrogen (secondary N) is 2. The number of rotatable bonds is 14. The SMILES string of the molecule is N#CCCC[C@@H](Cn1cc(-c2ncnc3[nH]ccc23)cn1)N1CCC(Oc2cc(CNCCCO)cc(C(F)(F)F)n2)CC1. The summed E-state index contributed by atoms with van der Waals surface area (Å²) in [5.74, 6) is -0.0341. The molecular formula is C30H36F3N9O2. The van der Waals surface area contributed by atoms with Crippen LogP contribution in [0, 0.1) is 11.3 Å². The number of H-pyrrole nitrogens is 1. The summed E-state index contributed by atoms with van der Waals surface area (Å²) in [7, 11) is 0. The van der Waals surface area contributed by atoms with Crippen LogP contribution in [0.1, 0.15) is 49.8 Å². The Balaban J connectivity index is 1.23. The molecule has 5 heterocycles. The van der Waals surface area contributed by atoms with Crippen molar-refractivity contribution in [3.63, 3.8) is 0 Å². The van der Waals surface area contributed by atoms with Crippen LogP contribution in [0.5, 0.6) is 5.88 Å². The first-order valence-corrected chi connectivity index (χ1v) is 14.8. The van der Waals surface area contributed by atoms with E-state index in [0.29, 0.717) is 57.4 Å². The highest BCUT2D eigenvalue weighted by atomic mass is 19.4. The van der Waals surface area contributed by atoms with Crippen molar-refractivity contribution >= 4 is 11.0 Å². The van der Waals surface area contributed by atoms with E-state index in [1.165, 1.54) is 6.33 Å². The summed E-state index contributed by atoms with van der Waals surface area (Å²) in [6.45, 7) is 2.72. The normalized spacial score (nSPS) is 15.4. The van der Waals surface area contributed by atoms with E-state index in [4.69, 9.17) is 15.1 Å². The molecule has 0 radical (unpaired) electrons. The standard InChI is InChI=1S/C30H36F3N9O2/c31-30(32,33)26-14-21(16-35-9-3-13-43)15-27(40-26)44-24-6-11-41(12-7-24)23(4-1-2-8-34)19-42-18-22(17-39-42)28-25-5-10-36-29(25)38-20-37-28/h5,10,14-15,17-18,20,23-24,35,43H,1-4,6-7,9,11-13,16,19H2,(H,36,37,38)/t23-/m0/s1.